The molecule has 3 aromatic rings. The van der Waals surface area contributed by atoms with Crippen molar-refractivity contribution in [1.29, 1.82) is 0 Å². The van der Waals surface area contributed by atoms with Crippen molar-refractivity contribution in [2.75, 3.05) is 65.3 Å². The number of nitrogens with zero attached hydrogens (tertiary/aromatic N) is 4. The van der Waals surface area contributed by atoms with Crippen molar-refractivity contribution < 1.29 is 14.3 Å². The maximum atomic E-state index is 13.4. The number of fused-ring (bicyclic) bond motifs is 1. The van der Waals surface area contributed by atoms with Gasteiger partial charge in [-0.25, -0.2) is 4.98 Å². The van der Waals surface area contributed by atoms with Crippen molar-refractivity contribution in [2.24, 2.45) is 0 Å². The van der Waals surface area contributed by atoms with E-state index in [1.54, 1.807) is 19.1 Å². The molecule has 0 radical (unpaired) electrons. The van der Waals surface area contributed by atoms with Gasteiger partial charge in [0, 0.05) is 50.6 Å². The monoisotopic (exact) mass is 428 g/mol. The number of ether oxygens (including phenoxy) is 2. The van der Waals surface area contributed by atoms with E-state index in [-0.39, 0.29) is 5.91 Å². The molecule has 3 rings (SSSR count). The second-order valence-electron chi connectivity index (χ2n) is 7.37. The first-order chi connectivity index (χ1) is 14.3. The normalized spacial score (nSPS) is 11.0. The van der Waals surface area contributed by atoms with E-state index in [9.17, 15) is 4.79 Å². The number of rotatable bonds is 8. The number of thiazole rings is 1. The second kappa shape index (κ2) is 9.32. The number of likely N-dealkylation sites (N-methyl/N-ethyl adjacent to an activating group) is 1. The maximum absolute atomic E-state index is 13.4. The van der Waals surface area contributed by atoms with Crippen LogP contribution >= 0.6 is 11.3 Å². The van der Waals surface area contributed by atoms with Gasteiger partial charge in [0.25, 0.3) is 5.91 Å². The van der Waals surface area contributed by atoms with Crippen LogP contribution in [0.3, 0.4) is 0 Å². The van der Waals surface area contributed by atoms with E-state index in [0.717, 1.165) is 22.4 Å². The molecule has 0 saturated carbocycles. The first kappa shape index (κ1) is 21.9. The minimum absolute atomic E-state index is 0.0693. The van der Waals surface area contributed by atoms with Crippen LogP contribution in [0.4, 0.5) is 10.8 Å². The minimum atomic E-state index is -0.0693. The number of hydrogen-bond donors (Lipinski definition) is 0. The van der Waals surface area contributed by atoms with Gasteiger partial charge in [0.05, 0.1) is 24.4 Å². The number of anilines is 2. The Morgan fingerprint density at radius 2 is 1.60 bits per heavy atom. The average molecular weight is 429 g/mol. The summed E-state index contributed by atoms with van der Waals surface area (Å²) in [6.07, 6.45) is 0. The minimum Gasteiger partial charge on any atom is -0.493 e. The van der Waals surface area contributed by atoms with Gasteiger partial charge < -0.3 is 19.3 Å². The lowest BCUT2D eigenvalue weighted by Crippen LogP contribution is -2.36. The summed E-state index contributed by atoms with van der Waals surface area (Å²) in [5.74, 6) is 1.19. The number of carbonyl (C=O) groups excluding carboxylic acids is 1. The van der Waals surface area contributed by atoms with Gasteiger partial charge in [-0.05, 0) is 38.4 Å². The molecule has 0 unspecified atom stereocenters. The average Bonchev–Trinajstić information content (AvgIpc) is 3.14. The third-order valence-corrected chi connectivity index (χ3v) is 5.80. The number of methoxy groups -OCH3 is 2. The highest BCUT2D eigenvalue weighted by atomic mass is 32.1. The zero-order valence-corrected chi connectivity index (χ0v) is 19.1. The molecule has 1 heterocycles. The third kappa shape index (κ3) is 4.66. The molecule has 0 N–H and O–H groups in total. The lowest BCUT2D eigenvalue weighted by molar-refractivity contribution is 0.0985. The molecule has 0 atom stereocenters. The summed E-state index contributed by atoms with van der Waals surface area (Å²) in [5.41, 5.74) is 2.46. The summed E-state index contributed by atoms with van der Waals surface area (Å²) < 4.78 is 11.7. The summed E-state index contributed by atoms with van der Waals surface area (Å²) in [6.45, 7) is 1.26. The third-order valence-electron chi connectivity index (χ3n) is 4.76. The summed E-state index contributed by atoms with van der Waals surface area (Å²) in [7, 11) is 11.1. The van der Waals surface area contributed by atoms with Crippen LogP contribution in [0.25, 0.3) is 10.2 Å². The van der Waals surface area contributed by atoms with Crippen LogP contribution in [-0.2, 0) is 0 Å². The predicted octanol–water partition coefficient (Wildman–Crippen LogP) is 3.59. The van der Waals surface area contributed by atoms with Crippen LogP contribution in [-0.4, -0.2) is 71.3 Å². The number of benzene rings is 2. The van der Waals surface area contributed by atoms with Crippen molar-refractivity contribution >= 4 is 38.3 Å². The van der Waals surface area contributed by atoms with Crippen molar-refractivity contribution in [3.63, 3.8) is 0 Å². The van der Waals surface area contributed by atoms with Gasteiger partial charge in [-0.2, -0.15) is 0 Å². The predicted molar refractivity (Wildman–Crippen MR) is 124 cm³/mol. The standard InChI is InChI=1S/C22H28N4O3S/c1-24(2)11-12-26(21(27)15-7-9-16(10-8-15)25(3)4)22-23-17-13-18(28-5)19(29-6)14-20(17)30-22/h7-10,13-14H,11-12H2,1-6H3. The van der Waals surface area contributed by atoms with Gasteiger partial charge in [0.1, 0.15) is 0 Å². The van der Waals surface area contributed by atoms with E-state index in [0.29, 0.717) is 28.7 Å². The highest BCUT2D eigenvalue weighted by Crippen LogP contribution is 2.37. The molecule has 8 heteroatoms. The van der Waals surface area contributed by atoms with E-state index in [2.05, 4.69) is 4.90 Å². The molecule has 1 amide bonds. The molecule has 160 valence electrons. The van der Waals surface area contributed by atoms with Gasteiger partial charge in [0.15, 0.2) is 16.6 Å². The summed E-state index contributed by atoms with van der Waals surface area (Å²) in [5, 5.41) is 0.656. The Morgan fingerprint density at radius 1 is 0.967 bits per heavy atom. The van der Waals surface area contributed by atoms with E-state index < -0.39 is 0 Å². The Bertz CT molecular complexity index is 974. The number of carbonyl (C=O) groups is 1. The van der Waals surface area contributed by atoms with Crippen molar-refractivity contribution in [2.45, 2.75) is 0 Å². The topological polar surface area (TPSA) is 58.1 Å². The Kier molecular flexibility index (Phi) is 6.79. The second-order valence-corrected chi connectivity index (χ2v) is 8.38. The molecule has 0 bridgehead atoms. The lowest BCUT2D eigenvalue weighted by atomic mass is 10.1. The van der Waals surface area contributed by atoms with E-state index in [1.807, 2.05) is 69.5 Å². The highest BCUT2D eigenvalue weighted by molar-refractivity contribution is 7.22. The molecule has 1 aromatic heterocycles. The zero-order valence-electron chi connectivity index (χ0n) is 18.3. The quantitative estimate of drug-likeness (QED) is 0.547. The van der Waals surface area contributed by atoms with Crippen LogP contribution in [0.1, 0.15) is 10.4 Å². The number of amides is 1. The van der Waals surface area contributed by atoms with Crippen LogP contribution < -0.4 is 19.3 Å². The van der Waals surface area contributed by atoms with E-state index in [1.165, 1.54) is 11.3 Å². The molecule has 7 nitrogen and oxygen atoms in total. The van der Waals surface area contributed by atoms with Gasteiger partial charge in [-0.3, -0.25) is 9.69 Å². The number of aromatic nitrogens is 1. The highest BCUT2D eigenvalue weighted by Gasteiger charge is 2.22. The van der Waals surface area contributed by atoms with Crippen molar-refractivity contribution in [3.8, 4) is 11.5 Å². The smallest absolute Gasteiger partial charge is 0.260 e. The van der Waals surface area contributed by atoms with Crippen LogP contribution in [0.15, 0.2) is 36.4 Å². The van der Waals surface area contributed by atoms with E-state index in [4.69, 9.17) is 14.5 Å². The maximum Gasteiger partial charge on any atom is 0.260 e. The molecular weight excluding hydrogens is 400 g/mol. The Hall–Kier alpha value is -2.84. The fourth-order valence-corrected chi connectivity index (χ4v) is 4.00. The first-order valence-corrected chi connectivity index (χ1v) is 10.4. The largest absolute Gasteiger partial charge is 0.493 e. The molecule has 2 aromatic carbocycles. The molecule has 0 aliphatic carbocycles. The fourth-order valence-electron chi connectivity index (χ4n) is 3.00. The lowest BCUT2D eigenvalue weighted by Gasteiger charge is -2.22. The van der Waals surface area contributed by atoms with Crippen LogP contribution in [0.5, 0.6) is 11.5 Å². The molecule has 0 aliphatic heterocycles. The Morgan fingerprint density at radius 3 is 2.17 bits per heavy atom. The molecule has 0 spiro atoms. The Balaban J connectivity index is 1.99. The van der Waals surface area contributed by atoms with E-state index >= 15 is 0 Å². The van der Waals surface area contributed by atoms with Gasteiger partial charge in [-0.15, -0.1) is 0 Å². The fraction of sp³-hybridized carbons (Fsp3) is 0.364. The Labute approximate surface area is 181 Å². The summed E-state index contributed by atoms with van der Waals surface area (Å²) in [4.78, 5) is 23.9. The molecule has 0 fully saturated rings. The molecule has 0 aliphatic rings. The first-order valence-electron chi connectivity index (χ1n) is 9.60. The summed E-state index contributed by atoms with van der Waals surface area (Å²) in [6, 6.07) is 11.4. The summed E-state index contributed by atoms with van der Waals surface area (Å²) >= 11 is 1.47. The van der Waals surface area contributed by atoms with Crippen LogP contribution in [0.2, 0.25) is 0 Å². The van der Waals surface area contributed by atoms with Crippen molar-refractivity contribution in [3.05, 3.63) is 42.0 Å². The van der Waals surface area contributed by atoms with Crippen LogP contribution in [0, 0.1) is 0 Å². The van der Waals surface area contributed by atoms with Gasteiger partial charge >= 0.3 is 0 Å². The zero-order chi connectivity index (χ0) is 21.8. The van der Waals surface area contributed by atoms with Gasteiger partial charge in [0.2, 0.25) is 0 Å². The number of hydrogen-bond acceptors (Lipinski definition) is 7. The van der Waals surface area contributed by atoms with Gasteiger partial charge in [-0.1, -0.05) is 11.3 Å². The van der Waals surface area contributed by atoms with Crippen molar-refractivity contribution in [1.82, 2.24) is 9.88 Å². The molecular formula is C22H28N4O3S. The molecule has 0 saturated heterocycles. The SMILES string of the molecule is COc1cc2nc(N(CCN(C)C)C(=O)c3ccc(N(C)C)cc3)sc2cc1OC. The molecule has 30 heavy (non-hydrogen) atoms.